The molecule has 19 heavy (non-hydrogen) atoms. The molecule has 0 bridgehead atoms. The van der Waals surface area contributed by atoms with Crippen molar-refractivity contribution in [1.29, 1.82) is 0 Å². The monoisotopic (exact) mass is 346 g/mol. The summed E-state index contributed by atoms with van der Waals surface area (Å²) in [7, 11) is 0. The van der Waals surface area contributed by atoms with Crippen molar-refractivity contribution in [3.8, 4) is 0 Å². The molecule has 0 heterocycles. The number of aliphatic hydroxyl groups excluding tert-OH is 1. The highest BCUT2D eigenvalue weighted by molar-refractivity contribution is 9.10. The summed E-state index contributed by atoms with van der Waals surface area (Å²) in [6.07, 6.45) is -1.29. The second-order valence-electron chi connectivity index (χ2n) is 4.19. The molecule has 0 aliphatic rings. The van der Waals surface area contributed by atoms with Gasteiger partial charge >= 0.3 is 0 Å². The first-order valence-electron chi connectivity index (χ1n) is 5.48. The van der Waals surface area contributed by atoms with Crippen molar-refractivity contribution in [2.24, 2.45) is 0 Å². The van der Waals surface area contributed by atoms with Crippen LogP contribution >= 0.6 is 27.5 Å². The van der Waals surface area contributed by atoms with E-state index in [1.165, 1.54) is 13.0 Å². The van der Waals surface area contributed by atoms with Crippen LogP contribution in [-0.2, 0) is 0 Å². The molecule has 5 heteroatoms. The highest BCUT2D eigenvalue weighted by atomic mass is 79.9. The van der Waals surface area contributed by atoms with Gasteiger partial charge in [-0.3, -0.25) is 0 Å². The molecule has 1 unspecified atom stereocenters. The molecule has 0 radical (unpaired) electrons. The zero-order valence-corrected chi connectivity index (χ0v) is 12.3. The van der Waals surface area contributed by atoms with Gasteiger partial charge in [-0.15, -0.1) is 0 Å². The lowest BCUT2D eigenvalue weighted by atomic mass is 9.99. The summed E-state index contributed by atoms with van der Waals surface area (Å²) in [6, 6.07) is 6.85. The Labute approximate surface area is 123 Å². The third-order valence-electron chi connectivity index (χ3n) is 2.83. The molecule has 2 aromatic rings. The van der Waals surface area contributed by atoms with Gasteiger partial charge in [-0.2, -0.15) is 0 Å². The summed E-state index contributed by atoms with van der Waals surface area (Å²) in [6.45, 7) is 1.46. The third kappa shape index (κ3) is 2.96. The lowest BCUT2D eigenvalue weighted by Gasteiger charge is -2.15. The molecule has 2 aromatic carbocycles. The summed E-state index contributed by atoms with van der Waals surface area (Å²) in [5.74, 6) is -1.22. The summed E-state index contributed by atoms with van der Waals surface area (Å²) < 4.78 is 27.9. The molecule has 100 valence electrons. The Morgan fingerprint density at radius 3 is 2.47 bits per heavy atom. The average molecular weight is 348 g/mol. The lowest BCUT2D eigenvalue weighted by Crippen LogP contribution is -2.05. The molecule has 1 atom stereocenters. The van der Waals surface area contributed by atoms with Crippen molar-refractivity contribution >= 4 is 27.5 Å². The standard InChI is InChI=1S/C14H10BrClF2O/c1-7-4-13(18)10(6-12(7)17)14(19)9-5-8(16)2-3-11(9)15/h2-6,14,19H,1H3. The minimum Gasteiger partial charge on any atom is -0.384 e. The Morgan fingerprint density at radius 2 is 1.79 bits per heavy atom. The minimum atomic E-state index is -1.29. The van der Waals surface area contributed by atoms with Gasteiger partial charge in [0.05, 0.1) is 0 Å². The van der Waals surface area contributed by atoms with Crippen LogP contribution in [0.2, 0.25) is 5.02 Å². The van der Waals surface area contributed by atoms with Crippen LogP contribution in [0, 0.1) is 18.6 Å². The van der Waals surface area contributed by atoms with Gasteiger partial charge in [0, 0.05) is 20.6 Å². The molecule has 1 N–H and O–H groups in total. The van der Waals surface area contributed by atoms with E-state index in [0.717, 1.165) is 12.1 Å². The van der Waals surface area contributed by atoms with Gasteiger partial charge in [-0.1, -0.05) is 27.5 Å². The number of halogens is 4. The topological polar surface area (TPSA) is 20.2 Å². The Morgan fingerprint density at radius 1 is 1.11 bits per heavy atom. The molecule has 0 saturated carbocycles. The van der Waals surface area contributed by atoms with E-state index in [2.05, 4.69) is 15.9 Å². The maximum Gasteiger partial charge on any atom is 0.129 e. The van der Waals surface area contributed by atoms with Gasteiger partial charge < -0.3 is 5.11 Å². The first-order valence-corrected chi connectivity index (χ1v) is 6.66. The molecular formula is C14H10BrClF2O. The number of benzene rings is 2. The van der Waals surface area contributed by atoms with Crippen LogP contribution in [-0.4, -0.2) is 5.11 Å². The predicted octanol–water partition coefficient (Wildman–Crippen LogP) is 4.77. The van der Waals surface area contributed by atoms with E-state index in [1.54, 1.807) is 12.1 Å². The number of aryl methyl sites for hydroxylation is 1. The molecule has 0 aliphatic carbocycles. The van der Waals surface area contributed by atoms with Crippen LogP contribution in [0.4, 0.5) is 8.78 Å². The quantitative estimate of drug-likeness (QED) is 0.829. The Kier molecular flexibility index (Phi) is 4.23. The van der Waals surface area contributed by atoms with Crippen molar-refractivity contribution in [2.75, 3.05) is 0 Å². The highest BCUT2D eigenvalue weighted by Gasteiger charge is 2.19. The minimum absolute atomic E-state index is 0.119. The normalized spacial score (nSPS) is 12.5. The zero-order valence-electron chi connectivity index (χ0n) is 9.92. The van der Waals surface area contributed by atoms with Crippen molar-refractivity contribution < 1.29 is 13.9 Å². The van der Waals surface area contributed by atoms with Gasteiger partial charge in [0.25, 0.3) is 0 Å². The van der Waals surface area contributed by atoms with E-state index in [1.807, 2.05) is 0 Å². The molecule has 0 aromatic heterocycles. The zero-order chi connectivity index (χ0) is 14.2. The number of hydrogen-bond donors (Lipinski definition) is 1. The molecule has 0 saturated heterocycles. The van der Waals surface area contributed by atoms with E-state index in [-0.39, 0.29) is 11.1 Å². The van der Waals surface area contributed by atoms with Crippen LogP contribution in [0.1, 0.15) is 22.8 Å². The Hall–Kier alpha value is -0.970. The SMILES string of the molecule is Cc1cc(F)c(C(O)c2cc(Cl)ccc2Br)cc1F. The highest BCUT2D eigenvalue weighted by Crippen LogP contribution is 2.32. The molecule has 0 fully saturated rings. The fourth-order valence-electron chi connectivity index (χ4n) is 1.76. The predicted molar refractivity (Wildman–Crippen MR) is 74.3 cm³/mol. The summed E-state index contributed by atoms with van der Waals surface area (Å²) in [5, 5.41) is 10.6. The largest absolute Gasteiger partial charge is 0.384 e. The Balaban J connectivity index is 2.52. The van der Waals surface area contributed by atoms with Crippen LogP contribution in [0.3, 0.4) is 0 Å². The molecule has 1 nitrogen and oxygen atoms in total. The second-order valence-corrected chi connectivity index (χ2v) is 5.48. The van der Waals surface area contributed by atoms with Crippen LogP contribution in [0.25, 0.3) is 0 Å². The number of aliphatic hydroxyl groups is 1. The average Bonchev–Trinajstić information content (AvgIpc) is 2.36. The number of rotatable bonds is 2. The fraction of sp³-hybridized carbons (Fsp3) is 0.143. The molecule has 0 amide bonds. The van der Waals surface area contributed by atoms with Crippen molar-refractivity contribution in [1.82, 2.24) is 0 Å². The van der Waals surface area contributed by atoms with E-state index >= 15 is 0 Å². The maximum atomic E-state index is 13.8. The van der Waals surface area contributed by atoms with E-state index < -0.39 is 17.7 Å². The summed E-state index contributed by atoms with van der Waals surface area (Å²) >= 11 is 9.10. The van der Waals surface area contributed by atoms with Gasteiger partial charge in [0.2, 0.25) is 0 Å². The van der Waals surface area contributed by atoms with Gasteiger partial charge in [0.1, 0.15) is 17.7 Å². The van der Waals surface area contributed by atoms with Gasteiger partial charge in [0.15, 0.2) is 0 Å². The van der Waals surface area contributed by atoms with Gasteiger partial charge in [-0.05, 0) is 42.8 Å². The Bertz CT molecular complexity index is 631. The first-order chi connectivity index (χ1) is 8.90. The first kappa shape index (κ1) is 14.4. The van der Waals surface area contributed by atoms with Crippen molar-refractivity contribution in [3.05, 3.63) is 68.2 Å². The van der Waals surface area contributed by atoms with Crippen molar-refractivity contribution in [2.45, 2.75) is 13.0 Å². The third-order valence-corrected chi connectivity index (χ3v) is 3.78. The molecule has 2 rings (SSSR count). The van der Waals surface area contributed by atoms with Crippen molar-refractivity contribution in [3.63, 3.8) is 0 Å². The van der Waals surface area contributed by atoms with Gasteiger partial charge in [-0.25, -0.2) is 8.78 Å². The van der Waals surface area contributed by atoms with E-state index in [9.17, 15) is 13.9 Å². The summed E-state index contributed by atoms with van der Waals surface area (Å²) in [5.41, 5.74) is 0.458. The summed E-state index contributed by atoms with van der Waals surface area (Å²) in [4.78, 5) is 0. The van der Waals surface area contributed by atoms with Crippen LogP contribution in [0.5, 0.6) is 0 Å². The molecule has 0 aliphatic heterocycles. The van der Waals surface area contributed by atoms with Crippen LogP contribution < -0.4 is 0 Å². The van der Waals surface area contributed by atoms with E-state index in [0.29, 0.717) is 15.1 Å². The number of hydrogen-bond acceptors (Lipinski definition) is 1. The fourth-order valence-corrected chi connectivity index (χ4v) is 2.41. The van der Waals surface area contributed by atoms with E-state index in [4.69, 9.17) is 11.6 Å². The lowest BCUT2D eigenvalue weighted by molar-refractivity contribution is 0.213. The second kappa shape index (κ2) is 5.57. The molecular weight excluding hydrogens is 338 g/mol. The maximum absolute atomic E-state index is 13.8. The smallest absolute Gasteiger partial charge is 0.129 e. The van der Waals surface area contributed by atoms with Crippen LogP contribution in [0.15, 0.2) is 34.8 Å². The molecule has 0 spiro atoms.